The van der Waals surface area contributed by atoms with E-state index in [1.807, 2.05) is 53.1 Å². The van der Waals surface area contributed by atoms with Gasteiger partial charge >= 0.3 is 5.97 Å². The molecule has 10 heteroatoms. The predicted octanol–water partition coefficient (Wildman–Crippen LogP) is 5.65. The number of hydrogen-bond donors (Lipinski definition) is 2. The van der Waals surface area contributed by atoms with Crippen molar-refractivity contribution in [2.24, 2.45) is 0 Å². The van der Waals surface area contributed by atoms with Gasteiger partial charge in [-0.15, -0.1) is 11.3 Å². The van der Waals surface area contributed by atoms with Crippen molar-refractivity contribution in [3.8, 4) is 22.6 Å². The number of carbonyl (C=O) groups is 1. The second kappa shape index (κ2) is 9.47. The highest BCUT2D eigenvalue weighted by Gasteiger charge is 2.29. The molecule has 2 N–H and O–H groups in total. The van der Waals surface area contributed by atoms with Crippen molar-refractivity contribution >= 4 is 60.4 Å². The van der Waals surface area contributed by atoms with Crippen molar-refractivity contribution in [1.82, 2.24) is 13.3 Å². The summed E-state index contributed by atoms with van der Waals surface area (Å²) in [6.45, 7) is 0.242. The van der Waals surface area contributed by atoms with Gasteiger partial charge < -0.3 is 24.3 Å². The van der Waals surface area contributed by atoms with E-state index in [1.165, 1.54) is 0 Å². The van der Waals surface area contributed by atoms with E-state index >= 15 is 0 Å². The SMILES string of the molecule is COc1ccc(-c2c(C(=O)O)n(Cc3ccc4nsnc4c3)c3c2sc2ccccc23)c(OCCO)c1. The second-order valence-electron chi connectivity index (χ2n) is 8.41. The zero-order chi connectivity index (χ0) is 25.5. The first-order valence-corrected chi connectivity index (χ1v) is 13.0. The lowest BCUT2D eigenvalue weighted by Gasteiger charge is -2.14. The molecular weight excluding hydrogens is 510 g/mol. The highest BCUT2D eigenvalue weighted by molar-refractivity contribution is 7.26. The number of aromatic carboxylic acids is 1. The fraction of sp³-hybridized carbons (Fsp3) is 0.148. The molecule has 0 spiro atoms. The molecule has 0 aliphatic heterocycles. The van der Waals surface area contributed by atoms with Crippen molar-refractivity contribution in [3.63, 3.8) is 0 Å². The van der Waals surface area contributed by atoms with Crippen LogP contribution in [0, 0.1) is 0 Å². The average Bonchev–Trinajstić information content (AvgIpc) is 3.60. The minimum absolute atomic E-state index is 0.0700. The Kier molecular flexibility index (Phi) is 5.99. The van der Waals surface area contributed by atoms with Gasteiger partial charge in [-0.05, 0) is 35.9 Å². The van der Waals surface area contributed by atoms with E-state index in [1.54, 1.807) is 30.6 Å². The third-order valence-corrected chi connectivity index (χ3v) is 7.98. The molecule has 0 unspecified atom stereocenters. The third-order valence-electron chi connectivity index (χ3n) is 6.24. The van der Waals surface area contributed by atoms with Crippen LogP contribution in [0.5, 0.6) is 11.5 Å². The van der Waals surface area contributed by atoms with Crippen molar-refractivity contribution < 1.29 is 24.5 Å². The number of aromatic nitrogens is 3. The summed E-state index contributed by atoms with van der Waals surface area (Å²) >= 11 is 2.70. The molecule has 3 aromatic heterocycles. The smallest absolute Gasteiger partial charge is 0.353 e. The molecule has 0 atom stereocenters. The number of benzene rings is 3. The highest BCUT2D eigenvalue weighted by Crippen LogP contribution is 2.47. The van der Waals surface area contributed by atoms with Crippen LogP contribution in [0.2, 0.25) is 0 Å². The Morgan fingerprint density at radius 1 is 1.05 bits per heavy atom. The van der Waals surface area contributed by atoms with E-state index in [2.05, 4.69) is 8.75 Å². The zero-order valence-corrected chi connectivity index (χ0v) is 21.3. The summed E-state index contributed by atoms with van der Waals surface area (Å²) in [5.74, 6) is -0.0176. The summed E-state index contributed by atoms with van der Waals surface area (Å²) in [5, 5.41) is 20.9. The van der Waals surface area contributed by atoms with Crippen LogP contribution in [0.3, 0.4) is 0 Å². The molecule has 0 bridgehead atoms. The number of methoxy groups -OCH3 is 1. The van der Waals surface area contributed by atoms with Crippen molar-refractivity contribution in [1.29, 1.82) is 0 Å². The Bertz CT molecular complexity index is 1790. The average molecular weight is 532 g/mol. The van der Waals surface area contributed by atoms with Gasteiger partial charge in [0.1, 0.15) is 34.8 Å². The van der Waals surface area contributed by atoms with E-state index < -0.39 is 5.97 Å². The lowest BCUT2D eigenvalue weighted by atomic mass is 10.0. The molecule has 0 saturated heterocycles. The third kappa shape index (κ3) is 3.99. The normalized spacial score (nSPS) is 11.5. The number of carboxylic acids is 1. The molecule has 0 amide bonds. The number of fused-ring (bicyclic) bond motifs is 4. The number of ether oxygens (including phenoxy) is 2. The minimum atomic E-state index is -1.04. The topological polar surface area (TPSA) is 107 Å². The monoisotopic (exact) mass is 531 g/mol. The molecule has 6 aromatic rings. The minimum Gasteiger partial charge on any atom is -0.497 e. The van der Waals surface area contributed by atoms with Crippen LogP contribution in [0.25, 0.3) is 42.5 Å². The van der Waals surface area contributed by atoms with Crippen LogP contribution >= 0.6 is 23.1 Å². The van der Waals surface area contributed by atoms with Crippen LogP contribution in [0.4, 0.5) is 0 Å². The van der Waals surface area contributed by atoms with Crippen LogP contribution in [-0.4, -0.2) is 49.8 Å². The standard InChI is InChI=1S/C27H21N3O5S2/c1-34-16-7-8-17(21(13-16)35-11-10-31)23-25(27(32)33)30(14-15-6-9-19-20(12-15)29-37-28-19)24-18-4-2-3-5-22(18)36-26(23)24/h2-9,12-13,31H,10-11,14H2,1H3,(H,32,33). The van der Waals surface area contributed by atoms with Gasteiger partial charge in [0, 0.05) is 33.8 Å². The molecule has 0 radical (unpaired) electrons. The predicted molar refractivity (Wildman–Crippen MR) is 145 cm³/mol. The molecule has 0 aliphatic carbocycles. The summed E-state index contributed by atoms with van der Waals surface area (Å²) in [5.41, 5.74) is 4.75. The van der Waals surface area contributed by atoms with E-state index in [-0.39, 0.29) is 18.9 Å². The fourth-order valence-electron chi connectivity index (χ4n) is 4.67. The van der Waals surface area contributed by atoms with Gasteiger partial charge in [0.2, 0.25) is 0 Å². The summed E-state index contributed by atoms with van der Waals surface area (Å²) < 4.78 is 23.7. The van der Waals surface area contributed by atoms with Gasteiger partial charge in [-0.3, -0.25) is 0 Å². The number of nitrogens with zero attached hydrogens (tertiary/aromatic N) is 3. The maximum absolute atomic E-state index is 12.9. The first kappa shape index (κ1) is 23.4. The largest absolute Gasteiger partial charge is 0.497 e. The number of aliphatic hydroxyl groups is 1. The van der Waals surface area contributed by atoms with E-state index in [0.717, 1.165) is 48.6 Å². The van der Waals surface area contributed by atoms with Crippen molar-refractivity contribution in [2.75, 3.05) is 20.3 Å². The van der Waals surface area contributed by atoms with E-state index in [4.69, 9.17) is 9.47 Å². The Morgan fingerprint density at radius 2 is 1.89 bits per heavy atom. The van der Waals surface area contributed by atoms with Crippen LogP contribution < -0.4 is 9.47 Å². The molecule has 0 fully saturated rings. The number of hydrogen-bond acceptors (Lipinski definition) is 8. The van der Waals surface area contributed by atoms with Gasteiger partial charge in [-0.25, -0.2) is 4.79 Å². The molecular formula is C27H21N3O5S2. The van der Waals surface area contributed by atoms with Gasteiger partial charge in [0.15, 0.2) is 0 Å². The van der Waals surface area contributed by atoms with Gasteiger partial charge in [0.25, 0.3) is 0 Å². The molecule has 3 aromatic carbocycles. The van der Waals surface area contributed by atoms with Crippen molar-refractivity contribution in [2.45, 2.75) is 6.54 Å². The highest BCUT2D eigenvalue weighted by atomic mass is 32.1. The Balaban J connectivity index is 1.65. The molecule has 0 aliphatic rings. The van der Waals surface area contributed by atoms with Crippen LogP contribution in [0.15, 0.2) is 60.7 Å². The second-order valence-corrected chi connectivity index (χ2v) is 9.99. The van der Waals surface area contributed by atoms with Crippen LogP contribution in [0.1, 0.15) is 16.1 Å². The Hall–Kier alpha value is -3.99. The number of thiophene rings is 1. The lowest BCUT2D eigenvalue weighted by molar-refractivity contribution is 0.0687. The first-order chi connectivity index (χ1) is 18.1. The molecule has 186 valence electrons. The first-order valence-electron chi connectivity index (χ1n) is 11.5. The zero-order valence-electron chi connectivity index (χ0n) is 19.7. The number of aliphatic hydroxyl groups excluding tert-OH is 1. The quantitative estimate of drug-likeness (QED) is 0.261. The maximum Gasteiger partial charge on any atom is 0.353 e. The van der Waals surface area contributed by atoms with E-state index in [0.29, 0.717) is 29.2 Å². The fourth-order valence-corrected chi connectivity index (χ4v) is 6.46. The molecule has 3 heterocycles. The number of carboxylic acid groups (broad SMARTS) is 1. The Labute approximate surface area is 219 Å². The van der Waals surface area contributed by atoms with Gasteiger partial charge in [-0.1, -0.05) is 24.3 Å². The summed E-state index contributed by atoms with van der Waals surface area (Å²) in [4.78, 5) is 12.9. The van der Waals surface area contributed by atoms with Crippen molar-refractivity contribution in [3.05, 3.63) is 71.9 Å². The van der Waals surface area contributed by atoms with Gasteiger partial charge in [-0.2, -0.15) is 8.75 Å². The molecule has 6 rings (SSSR count). The number of rotatable bonds is 8. The molecule has 0 saturated carbocycles. The van der Waals surface area contributed by atoms with Crippen LogP contribution in [-0.2, 0) is 6.54 Å². The summed E-state index contributed by atoms with van der Waals surface area (Å²) in [6.07, 6.45) is 0. The molecule has 8 nitrogen and oxygen atoms in total. The summed E-state index contributed by atoms with van der Waals surface area (Å²) in [7, 11) is 1.56. The Morgan fingerprint density at radius 3 is 2.70 bits per heavy atom. The maximum atomic E-state index is 12.9. The van der Waals surface area contributed by atoms with E-state index in [9.17, 15) is 15.0 Å². The molecule has 37 heavy (non-hydrogen) atoms. The van der Waals surface area contributed by atoms with Gasteiger partial charge in [0.05, 0.1) is 35.7 Å². The lowest BCUT2D eigenvalue weighted by Crippen LogP contribution is -2.11. The summed E-state index contributed by atoms with van der Waals surface area (Å²) in [6, 6.07) is 19.1.